The lowest BCUT2D eigenvalue weighted by Crippen LogP contribution is -2.63. The summed E-state index contributed by atoms with van der Waals surface area (Å²) in [6.07, 6.45) is 9.66. The number of hydrogen-bond acceptors (Lipinski definition) is 4. The van der Waals surface area contributed by atoms with Gasteiger partial charge in [-0.05, 0) is 32.6 Å². The number of carbonyl (C=O) groups is 3. The zero-order chi connectivity index (χ0) is 20.6. The largest absolute Gasteiger partial charge is 0.351 e. The van der Waals surface area contributed by atoms with E-state index in [9.17, 15) is 14.4 Å². The van der Waals surface area contributed by atoms with Crippen molar-refractivity contribution in [1.82, 2.24) is 25.3 Å². The van der Waals surface area contributed by atoms with Gasteiger partial charge >= 0.3 is 0 Å². The molecule has 2 aliphatic carbocycles. The third-order valence-corrected chi connectivity index (χ3v) is 6.85. The Kier molecular flexibility index (Phi) is 5.36. The Morgan fingerprint density at radius 1 is 1.03 bits per heavy atom. The van der Waals surface area contributed by atoms with Crippen LogP contribution < -0.4 is 10.6 Å². The predicted octanol–water partition coefficient (Wildman–Crippen LogP) is 1.85. The number of amides is 3. The van der Waals surface area contributed by atoms with E-state index < -0.39 is 5.54 Å². The van der Waals surface area contributed by atoms with Gasteiger partial charge in [0, 0.05) is 25.2 Å². The second kappa shape index (κ2) is 7.80. The average molecular weight is 402 g/mol. The minimum atomic E-state index is -1.03. The molecule has 0 unspecified atom stereocenters. The van der Waals surface area contributed by atoms with E-state index in [0.29, 0.717) is 5.69 Å². The lowest BCUT2D eigenvalue weighted by atomic mass is 9.92. The topological polar surface area (TPSA) is 96.3 Å². The van der Waals surface area contributed by atoms with Gasteiger partial charge in [-0.2, -0.15) is 5.10 Å². The molecule has 2 heterocycles. The van der Waals surface area contributed by atoms with Gasteiger partial charge in [-0.3, -0.25) is 19.1 Å². The highest BCUT2D eigenvalue weighted by Gasteiger charge is 2.46. The summed E-state index contributed by atoms with van der Waals surface area (Å²) in [5, 5.41) is 10.5. The number of hydrogen-bond donors (Lipinski definition) is 2. The van der Waals surface area contributed by atoms with Crippen LogP contribution in [0.3, 0.4) is 0 Å². The minimum absolute atomic E-state index is 0.154. The number of likely N-dealkylation sites (N-methyl/N-ethyl adjacent to an activating group) is 1. The zero-order valence-corrected chi connectivity index (χ0v) is 17.4. The van der Waals surface area contributed by atoms with Crippen molar-refractivity contribution in [2.75, 3.05) is 7.05 Å². The van der Waals surface area contributed by atoms with Crippen molar-refractivity contribution in [3.05, 3.63) is 17.5 Å². The van der Waals surface area contributed by atoms with E-state index >= 15 is 0 Å². The van der Waals surface area contributed by atoms with E-state index in [1.165, 1.54) is 16.0 Å². The van der Waals surface area contributed by atoms with Crippen molar-refractivity contribution in [2.45, 2.75) is 88.9 Å². The van der Waals surface area contributed by atoms with Crippen molar-refractivity contribution >= 4 is 17.7 Å². The highest BCUT2D eigenvalue weighted by molar-refractivity contribution is 6.01. The first kappa shape index (κ1) is 19.9. The molecule has 1 atom stereocenters. The van der Waals surface area contributed by atoms with Crippen LogP contribution in [0.2, 0.25) is 0 Å². The molecule has 0 spiro atoms. The molecule has 2 N–H and O–H groups in total. The molecule has 1 aromatic rings. The quantitative estimate of drug-likeness (QED) is 0.805. The van der Waals surface area contributed by atoms with Gasteiger partial charge in [-0.25, -0.2) is 0 Å². The maximum absolute atomic E-state index is 13.1. The van der Waals surface area contributed by atoms with Crippen LogP contribution in [0.1, 0.15) is 85.7 Å². The van der Waals surface area contributed by atoms with E-state index in [2.05, 4.69) is 15.7 Å². The summed E-state index contributed by atoms with van der Waals surface area (Å²) in [7, 11) is 1.65. The van der Waals surface area contributed by atoms with E-state index in [4.69, 9.17) is 0 Å². The molecule has 0 bridgehead atoms. The normalized spacial score (nSPS) is 25.7. The molecule has 0 aromatic carbocycles. The van der Waals surface area contributed by atoms with Crippen molar-refractivity contribution < 1.29 is 14.4 Å². The second-order valence-electron chi connectivity index (χ2n) is 8.97. The standard InChI is InChI=1S/C21H31N5O3/c1-21(20(29)23-15-8-4-3-5-9-15)13-26-17(19(28)25(21)2)12-16(24-26)18(27)22-14-10-6-7-11-14/h12,14-15H,3-11,13H2,1-2H3,(H,22,27)(H,23,29)/t21-/m1/s1. The molecule has 8 heteroatoms. The van der Waals surface area contributed by atoms with Gasteiger partial charge < -0.3 is 15.5 Å². The summed E-state index contributed by atoms with van der Waals surface area (Å²) in [6, 6.07) is 1.90. The molecule has 3 aliphatic rings. The molecule has 158 valence electrons. The molecule has 0 saturated heterocycles. The maximum Gasteiger partial charge on any atom is 0.272 e. The van der Waals surface area contributed by atoms with Gasteiger partial charge in [0.2, 0.25) is 5.91 Å². The first-order valence-corrected chi connectivity index (χ1v) is 10.9. The van der Waals surface area contributed by atoms with Crippen molar-refractivity contribution in [1.29, 1.82) is 0 Å². The van der Waals surface area contributed by atoms with E-state index in [0.717, 1.165) is 51.4 Å². The first-order valence-electron chi connectivity index (χ1n) is 10.9. The number of fused-ring (bicyclic) bond motifs is 1. The van der Waals surface area contributed by atoms with E-state index in [1.807, 2.05) is 0 Å². The Hall–Kier alpha value is -2.38. The molecule has 8 nitrogen and oxygen atoms in total. The average Bonchev–Trinajstić information content (AvgIpc) is 3.37. The lowest BCUT2D eigenvalue weighted by molar-refractivity contribution is -0.133. The molecular formula is C21H31N5O3. The molecule has 29 heavy (non-hydrogen) atoms. The summed E-state index contributed by atoms with van der Waals surface area (Å²) < 4.78 is 1.52. The van der Waals surface area contributed by atoms with Crippen molar-refractivity contribution in [3.8, 4) is 0 Å². The molecule has 4 rings (SSSR count). The fraction of sp³-hybridized carbons (Fsp3) is 0.714. The first-order chi connectivity index (χ1) is 13.9. The number of rotatable bonds is 4. The van der Waals surface area contributed by atoms with Crippen molar-refractivity contribution in [3.63, 3.8) is 0 Å². The Labute approximate surface area is 171 Å². The number of nitrogens with one attached hydrogen (secondary N) is 2. The monoisotopic (exact) mass is 401 g/mol. The Morgan fingerprint density at radius 3 is 2.28 bits per heavy atom. The molecule has 2 fully saturated rings. The Bertz CT molecular complexity index is 807. The molecule has 1 aromatic heterocycles. The van der Waals surface area contributed by atoms with Crippen LogP contribution in [-0.4, -0.2) is 57.1 Å². The molecular weight excluding hydrogens is 370 g/mol. The maximum atomic E-state index is 13.1. The molecule has 0 radical (unpaired) electrons. The number of carbonyl (C=O) groups excluding carboxylic acids is 3. The third-order valence-electron chi connectivity index (χ3n) is 6.85. The Morgan fingerprint density at radius 2 is 1.62 bits per heavy atom. The van der Waals surface area contributed by atoms with Crippen LogP contribution in [0.15, 0.2) is 6.07 Å². The van der Waals surface area contributed by atoms with E-state index in [-0.39, 0.29) is 42.0 Å². The molecule has 2 saturated carbocycles. The molecule has 3 amide bonds. The second-order valence-corrected chi connectivity index (χ2v) is 8.97. The summed E-state index contributed by atoms with van der Waals surface area (Å²) in [4.78, 5) is 40.1. The highest BCUT2D eigenvalue weighted by atomic mass is 16.2. The number of nitrogens with zero attached hydrogens (tertiary/aromatic N) is 3. The minimum Gasteiger partial charge on any atom is -0.351 e. The molecule has 1 aliphatic heterocycles. The van der Waals surface area contributed by atoms with Gasteiger partial charge in [0.25, 0.3) is 11.8 Å². The third kappa shape index (κ3) is 3.76. The van der Waals surface area contributed by atoms with Crippen LogP contribution >= 0.6 is 0 Å². The van der Waals surface area contributed by atoms with Crippen LogP contribution in [0, 0.1) is 0 Å². The van der Waals surface area contributed by atoms with Gasteiger partial charge in [0.05, 0.1) is 6.54 Å². The Balaban J connectivity index is 1.51. The van der Waals surface area contributed by atoms with Crippen LogP contribution in [-0.2, 0) is 11.3 Å². The fourth-order valence-electron chi connectivity index (χ4n) is 4.76. The van der Waals surface area contributed by atoms with Crippen LogP contribution in [0.5, 0.6) is 0 Å². The van der Waals surface area contributed by atoms with Crippen LogP contribution in [0.4, 0.5) is 0 Å². The lowest BCUT2D eigenvalue weighted by Gasteiger charge is -2.41. The van der Waals surface area contributed by atoms with Gasteiger partial charge in [0.15, 0.2) is 5.69 Å². The van der Waals surface area contributed by atoms with Crippen LogP contribution in [0.25, 0.3) is 0 Å². The van der Waals surface area contributed by atoms with Gasteiger partial charge in [0.1, 0.15) is 11.2 Å². The van der Waals surface area contributed by atoms with Crippen molar-refractivity contribution in [2.24, 2.45) is 0 Å². The number of aromatic nitrogens is 2. The SMILES string of the molecule is CN1C(=O)c2cc(C(=O)NC3CCCC3)nn2C[C@]1(C)C(=O)NC1CCCCC1. The smallest absolute Gasteiger partial charge is 0.272 e. The predicted molar refractivity (Wildman–Crippen MR) is 107 cm³/mol. The summed E-state index contributed by atoms with van der Waals surface area (Å²) >= 11 is 0. The highest BCUT2D eigenvalue weighted by Crippen LogP contribution is 2.27. The summed E-state index contributed by atoms with van der Waals surface area (Å²) in [6.45, 7) is 2.01. The summed E-state index contributed by atoms with van der Waals surface area (Å²) in [5.74, 6) is -0.689. The van der Waals surface area contributed by atoms with Gasteiger partial charge in [-0.1, -0.05) is 32.1 Å². The van der Waals surface area contributed by atoms with Gasteiger partial charge in [-0.15, -0.1) is 0 Å². The zero-order valence-electron chi connectivity index (χ0n) is 17.4. The summed E-state index contributed by atoms with van der Waals surface area (Å²) in [5.41, 5.74) is -0.440. The van der Waals surface area contributed by atoms with E-state index in [1.54, 1.807) is 20.0 Å². The fourth-order valence-corrected chi connectivity index (χ4v) is 4.76.